The molecule has 0 aromatic carbocycles. The largest absolute Gasteiger partial charge is 0.353 e. The molecule has 43 valence electrons. The highest BCUT2D eigenvalue weighted by Crippen LogP contribution is 2.08. The van der Waals surface area contributed by atoms with E-state index in [1.54, 1.807) is 6.07 Å². The lowest BCUT2D eigenvalue weighted by Gasteiger charge is -1.92. The Morgan fingerprint density at radius 1 is 1.75 bits per heavy atom. The van der Waals surface area contributed by atoms with Crippen molar-refractivity contribution in [1.82, 2.24) is 5.16 Å². The molecule has 1 aromatic heterocycles. The first-order chi connectivity index (χ1) is 3.80. The summed E-state index contributed by atoms with van der Waals surface area (Å²) in [6.07, 6.45) is 2.52. The van der Waals surface area contributed by atoms with Gasteiger partial charge in [0, 0.05) is 6.07 Å². The number of aromatic nitrogens is 1. The van der Waals surface area contributed by atoms with Crippen molar-refractivity contribution in [2.45, 2.75) is 19.8 Å². The van der Waals surface area contributed by atoms with E-state index >= 15 is 0 Å². The van der Waals surface area contributed by atoms with Gasteiger partial charge in [0.05, 0.1) is 5.69 Å². The van der Waals surface area contributed by atoms with E-state index in [9.17, 15) is 0 Å². The van der Waals surface area contributed by atoms with Crippen LogP contribution in [-0.4, -0.2) is 5.16 Å². The van der Waals surface area contributed by atoms with Gasteiger partial charge in [0.2, 0.25) is 6.26 Å². The van der Waals surface area contributed by atoms with Gasteiger partial charge in [0.15, 0.2) is 0 Å². The third-order valence-electron chi connectivity index (χ3n) is 1.00. The zero-order valence-electron chi connectivity index (χ0n) is 5.01. The molecule has 1 radical (unpaired) electrons. The Hall–Kier alpha value is -0.790. The fraction of sp³-hybridized carbons (Fsp3) is 0.500. The van der Waals surface area contributed by atoms with Crippen molar-refractivity contribution in [3.63, 3.8) is 0 Å². The minimum absolute atomic E-state index is 0.449. The average Bonchev–Trinajstić information content (AvgIpc) is 2.12. The maximum atomic E-state index is 4.50. The van der Waals surface area contributed by atoms with Crippen LogP contribution in [0, 0.1) is 6.26 Å². The van der Waals surface area contributed by atoms with Crippen LogP contribution in [0.2, 0.25) is 0 Å². The van der Waals surface area contributed by atoms with Crippen LogP contribution in [0.4, 0.5) is 0 Å². The molecule has 0 unspecified atom stereocenters. The summed E-state index contributed by atoms with van der Waals surface area (Å²) in [7, 11) is 0. The Kier molecular flexibility index (Phi) is 1.33. The van der Waals surface area contributed by atoms with E-state index in [0.717, 1.165) is 5.69 Å². The molecule has 0 atom stereocenters. The van der Waals surface area contributed by atoms with Crippen molar-refractivity contribution in [2.75, 3.05) is 0 Å². The molecular formula is C6H8NO. The maximum absolute atomic E-state index is 4.50. The molecule has 0 aliphatic rings. The summed E-state index contributed by atoms with van der Waals surface area (Å²) >= 11 is 0. The molecule has 0 spiro atoms. The summed E-state index contributed by atoms with van der Waals surface area (Å²) in [5.74, 6) is 0.449. The predicted octanol–water partition coefficient (Wildman–Crippen LogP) is 1.60. The van der Waals surface area contributed by atoms with Gasteiger partial charge in [-0.05, 0) is 5.92 Å². The van der Waals surface area contributed by atoms with Crippen molar-refractivity contribution < 1.29 is 4.52 Å². The minimum atomic E-state index is 0.449. The molecule has 0 N–H and O–H groups in total. The number of rotatable bonds is 1. The molecule has 1 rings (SSSR count). The second-order valence-corrected chi connectivity index (χ2v) is 2.02. The van der Waals surface area contributed by atoms with Gasteiger partial charge in [-0.1, -0.05) is 19.0 Å². The lowest BCUT2D eigenvalue weighted by atomic mass is 10.1. The van der Waals surface area contributed by atoms with Crippen LogP contribution in [0.1, 0.15) is 25.5 Å². The van der Waals surface area contributed by atoms with E-state index in [1.165, 1.54) is 0 Å². The van der Waals surface area contributed by atoms with Crippen LogP contribution in [0.15, 0.2) is 10.6 Å². The van der Waals surface area contributed by atoms with Gasteiger partial charge < -0.3 is 4.52 Å². The zero-order chi connectivity index (χ0) is 5.98. The van der Waals surface area contributed by atoms with Crippen LogP contribution >= 0.6 is 0 Å². The first-order valence-corrected chi connectivity index (χ1v) is 2.63. The van der Waals surface area contributed by atoms with E-state index in [0.29, 0.717) is 5.92 Å². The van der Waals surface area contributed by atoms with Crippen LogP contribution < -0.4 is 0 Å². The third kappa shape index (κ3) is 0.886. The highest BCUT2D eigenvalue weighted by molar-refractivity contribution is 4.99. The number of nitrogens with zero attached hydrogens (tertiary/aromatic N) is 1. The summed E-state index contributed by atoms with van der Waals surface area (Å²) in [5, 5.41) is 3.69. The minimum Gasteiger partial charge on any atom is -0.353 e. The highest BCUT2D eigenvalue weighted by atomic mass is 16.5. The Balaban J connectivity index is 2.77. The zero-order valence-corrected chi connectivity index (χ0v) is 5.01. The molecule has 8 heavy (non-hydrogen) atoms. The molecule has 0 aliphatic heterocycles. The molecule has 1 aromatic rings. The van der Waals surface area contributed by atoms with Gasteiger partial charge in [0.1, 0.15) is 0 Å². The van der Waals surface area contributed by atoms with E-state index in [2.05, 4.69) is 29.8 Å². The van der Waals surface area contributed by atoms with Gasteiger partial charge in [-0.3, -0.25) is 0 Å². The van der Waals surface area contributed by atoms with E-state index in [4.69, 9.17) is 0 Å². The highest BCUT2D eigenvalue weighted by Gasteiger charge is 1.99. The van der Waals surface area contributed by atoms with Crippen molar-refractivity contribution in [1.29, 1.82) is 0 Å². The summed E-state index contributed by atoms with van der Waals surface area (Å²) in [6, 6.07) is 1.75. The first-order valence-electron chi connectivity index (χ1n) is 2.63. The standard InChI is InChI=1S/C6H8NO/c1-5(2)6-3-4-8-7-6/h3,5H,1-2H3. The van der Waals surface area contributed by atoms with Crippen LogP contribution in [0.5, 0.6) is 0 Å². The molecule has 2 nitrogen and oxygen atoms in total. The SMILES string of the molecule is CC(C)c1c[c]on1. The summed E-state index contributed by atoms with van der Waals surface area (Å²) < 4.78 is 4.50. The quantitative estimate of drug-likeness (QED) is 0.548. The van der Waals surface area contributed by atoms with Gasteiger partial charge >= 0.3 is 0 Å². The molecule has 0 amide bonds. The van der Waals surface area contributed by atoms with Crippen molar-refractivity contribution in [3.05, 3.63) is 18.0 Å². The molecule has 1 heterocycles. The van der Waals surface area contributed by atoms with E-state index < -0.39 is 0 Å². The summed E-state index contributed by atoms with van der Waals surface area (Å²) in [4.78, 5) is 0. The Morgan fingerprint density at radius 3 is 2.75 bits per heavy atom. The second kappa shape index (κ2) is 1.99. The lowest BCUT2D eigenvalue weighted by Crippen LogP contribution is -1.83. The van der Waals surface area contributed by atoms with Gasteiger partial charge in [-0.2, -0.15) is 0 Å². The predicted molar refractivity (Wildman–Crippen MR) is 29.4 cm³/mol. The fourth-order valence-electron chi connectivity index (χ4n) is 0.464. The average molecular weight is 110 g/mol. The fourth-order valence-corrected chi connectivity index (χ4v) is 0.464. The Labute approximate surface area is 48.5 Å². The van der Waals surface area contributed by atoms with Crippen molar-refractivity contribution in [3.8, 4) is 0 Å². The number of hydrogen-bond acceptors (Lipinski definition) is 2. The molecule has 0 saturated carbocycles. The Morgan fingerprint density at radius 2 is 2.50 bits per heavy atom. The van der Waals surface area contributed by atoms with Crippen molar-refractivity contribution in [2.24, 2.45) is 0 Å². The molecule has 0 fully saturated rings. The molecule has 0 bridgehead atoms. The topological polar surface area (TPSA) is 26.0 Å². The first kappa shape index (κ1) is 5.35. The van der Waals surface area contributed by atoms with Crippen LogP contribution in [0.3, 0.4) is 0 Å². The van der Waals surface area contributed by atoms with Gasteiger partial charge in [-0.25, -0.2) is 0 Å². The van der Waals surface area contributed by atoms with E-state index in [1.807, 2.05) is 0 Å². The van der Waals surface area contributed by atoms with Gasteiger partial charge in [-0.15, -0.1) is 0 Å². The number of hydrogen-bond donors (Lipinski definition) is 0. The van der Waals surface area contributed by atoms with E-state index in [-0.39, 0.29) is 0 Å². The third-order valence-corrected chi connectivity index (χ3v) is 1.00. The smallest absolute Gasteiger partial charge is 0.205 e. The van der Waals surface area contributed by atoms with Crippen LogP contribution in [0.25, 0.3) is 0 Å². The monoisotopic (exact) mass is 110 g/mol. The van der Waals surface area contributed by atoms with Crippen LogP contribution in [-0.2, 0) is 0 Å². The summed E-state index contributed by atoms with van der Waals surface area (Å²) in [6.45, 7) is 4.12. The maximum Gasteiger partial charge on any atom is 0.205 e. The molecule has 0 aliphatic carbocycles. The molecule has 2 heteroatoms. The van der Waals surface area contributed by atoms with Gasteiger partial charge in [0.25, 0.3) is 0 Å². The lowest BCUT2D eigenvalue weighted by molar-refractivity contribution is 0.402. The summed E-state index contributed by atoms with van der Waals surface area (Å²) in [5.41, 5.74) is 0.963. The van der Waals surface area contributed by atoms with Crippen molar-refractivity contribution >= 4 is 0 Å². The molecular weight excluding hydrogens is 102 g/mol. The Bertz CT molecular complexity index is 144. The molecule has 0 saturated heterocycles. The normalized spacial score (nSPS) is 10.4. The second-order valence-electron chi connectivity index (χ2n) is 2.02.